The molecule has 1 aliphatic rings. The molecule has 2 aromatic carbocycles. The summed E-state index contributed by atoms with van der Waals surface area (Å²) in [6.45, 7) is 5.29. The largest absolute Gasteiger partial charge is 0.490 e. The van der Waals surface area contributed by atoms with Crippen molar-refractivity contribution in [3.8, 4) is 11.5 Å². The molecular formula is C22H22BrNO4S. The molecule has 2 aromatic rings. The van der Waals surface area contributed by atoms with Gasteiger partial charge < -0.3 is 9.47 Å². The maximum Gasteiger partial charge on any atom is 0.293 e. The maximum absolute atomic E-state index is 12.8. The minimum Gasteiger partial charge on any atom is -0.490 e. The van der Waals surface area contributed by atoms with Crippen molar-refractivity contribution < 1.29 is 19.1 Å². The summed E-state index contributed by atoms with van der Waals surface area (Å²) in [6, 6.07) is 13.1. The summed E-state index contributed by atoms with van der Waals surface area (Å²) in [5.74, 6) is 1.01. The van der Waals surface area contributed by atoms with Gasteiger partial charge in [-0.05, 0) is 60.5 Å². The van der Waals surface area contributed by atoms with E-state index in [1.54, 1.807) is 6.08 Å². The fourth-order valence-corrected chi connectivity index (χ4v) is 4.05. The molecule has 152 valence electrons. The monoisotopic (exact) mass is 475 g/mol. The van der Waals surface area contributed by atoms with E-state index in [0.717, 1.165) is 33.8 Å². The number of thioether (sulfide) groups is 1. The van der Waals surface area contributed by atoms with E-state index >= 15 is 0 Å². The van der Waals surface area contributed by atoms with Gasteiger partial charge in [-0.1, -0.05) is 47.1 Å². The van der Waals surface area contributed by atoms with Crippen LogP contribution in [0.3, 0.4) is 0 Å². The second-order valence-electron chi connectivity index (χ2n) is 6.35. The average molecular weight is 476 g/mol. The lowest BCUT2D eigenvalue weighted by molar-refractivity contribution is -0.123. The first-order valence-electron chi connectivity index (χ1n) is 9.42. The Bertz CT molecular complexity index is 944. The van der Waals surface area contributed by atoms with E-state index in [0.29, 0.717) is 29.6 Å². The van der Waals surface area contributed by atoms with E-state index in [4.69, 9.17) is 9.47 Å². The Hall–Kier alpha value is -2.25. The summed E-state index contributed by atoms with van der Waals surface area (Å²) in [5, 5.41) is -0.273. The van der Waals surface area contributed by atoms with Crippen LogP contribution in [0.1, 0.15) is 31.4 Å². The van der Waals surface area contributed by atoms with Gasteiger partial charge in [-0.3, -0.25) is 14.5 Å². The third-order valence-corrected chi connectivity index (χ3v) is 5.87. The third kappa shape index (κ3) is 5.22. The summed E-state index contributed by atoms with van der Waals surface area (Å²) in [6.07, 6.45) is 2.62. The number of carbonyl (C=O) groups excluding carboxylic acids is 2. The molecule has 1 fully saturated rings. The van der Waals surface area contributed by atoms with Crippen LogP contribution < -0.4 is 9.47 Å². The highest BCUT2D eigenvalue weighted by Gasteiger charge is 2.35. The molecule has 0 bridgehead atoms. The van der Waals surface area contributed by atoms with Crippen LogP contribution in [-0.2, 0) is 11.3 Å². The first-order valence-corrected chi connectivity index (χ1v) is 11.0. The number of rotatable bonds is 8. The topological polar surface area (TPSA) is 55.8 Å². The van der Waals surface area contributed by atoms with Crippen LogP contribution >= 0.6 is 27.7 Å². The van der Waals surface area contributed by atoms with E-state index < -0.39 is 0 Å². The van der Waals surface area contributed by atoms with Crippen LogP contribution in [0.25, 0.3) is 6.08 Å². The molecule has 1 aliphatic heterocycles. The molecule has 1 heterocycles. The summed E-state index contributed by atoms with van der Waals surface area (Å²) >= 11 is 4.41. The quantitative estimate of drug-likeness (QED) is 0.446. The molecule has 0 aliphatic carbocycles. The molecular weight excluding hydrogens is 454 g/mol. The number of carbonyl (C=O) groups is 2. The van der Waals surface area contributed by atoms with E-state index in [1.165, 1.54) is 4.90 Å². The van der Waals surface area contributed by atoms with Gasteiger partial charge in [-0.15, -0.1) is 0 Å². The summed E-state index contributed by atoms with van der Waals surface area (Å²) in [4.78, 5) is 26.9. The van der Waals surface area contributed by atoms with Crippen LogP contribution in [0, 0.1) is 0 Å². The van der Waals surface area contributed by atoms with Crippen molar-refractivity contribution in [2.45, 2.75) is 26.8 Å². The van der Waals surface area contributed by atoms with Crippen molar-refractivity contribution in [2.24, 2.45) is 0 Å². The molecule has 1 saturated heterocycles. The average Bonchev–Trinajstić information content (AvgIpc) is 2.96. The van der Waals surface area contributed by atoms with Crippen LogP contribution in [0.2, 0.25) is 0 Å². The number of benzene rings is 2. The molecule has 0 N–H and O–H groups in total. The number of amides is 2. The van der Waals surface area contributed by atoms with Gasteiger partial charge >= 0.3 is 0 Å². The Morgan fingerprint density at radius 2 is 1.86 bits per heavy atom. The molecule has 0 spiro atoms. The Morgan fingerprint density at radius 3 is 2.59 bits per heavy atom. The fourth-order valence-electron chi connectivity index (χ4n) is 2.80. The molecule has 0 radical (unpaired) electrons. The summed E-state index contributed by atoms with van der Waals surface area (Å²) in [7, 11) is 0. The highest BCUT2D eigenvalue weighted by atomic mass is 79.9. The Balaban J connectivity index is 1.81. The molecule has 29 heavy (non-hydrogen) atoms. The Kier molecular flexibility index (Phi) is 7.39. The van der Waals surface area contributed by atoms with Gasteiger partial charge in [0.15, 0.2) is 11.5 Å². The van der Waals surface area contributed by atoms with Crippen molar-refractivity contribution in [2.75, 3.05) is 13.2 Å². The number of nitrogens with zero attached hydrogens (tertiary/aromatic N) is 1. The van der Waals surface area contributed by atoms with Crippen molar-refractivity contribution in [3.63, 3.8) is 0 Å². The van der Waals surface area contributed by atoms with Gasteiger partial charge in [0.2, 0.25) is 0 Å². The van der Waals surface area contributed by atoms with Crippen molar-refractivity contribution in [1.82, 2.24) is 4.90 Å². The zero-order valence-corrected chi connectivity index (χ0v) is 18.7. The van der Waals surface area contributed by atoms with Gasteiger partial charge in [-0.2, -0.15) is 0 Å². The Morgan fingerprint density at radius 1 is 1.07 bits per heavy atom. The van der Waals surface area contributed by atoms with E-state index in [2.05, 4.69) is 15.9 Å². The minimum absolute atomic E-state index is 0.234. The van der Waals surface area contributed by atoms with E-state index in [9.17, 15) is 9.59 Å². The van der Waals surface area contributed by atoms with Crippen LogP contribution in [0.15, 0.2) is 51.8 Å². The summed E-state index contributed by atoms with van der Waals surface area (Å²) in [5.41, 5.74) is 1.66. The van der Waals surface area contributed by atoms with Gasteiger partial charge in [0.1, 0.15) is 0 Å². The fraction of sp³-hybridized carbons (Fsp3) is 0.273. The number of imide groups is 1. The number of ether oxygens (including phenoxy) is 2. The zero-order valence-electron chi connectivity index (χ0n) is 16.3. The number of halogens is 1. The van der Waals surface area contributed by atoms with E-state index in [1.807, 2.05) is 56.3 Å². The molecule has 5 nitrogen and oxygen atoms in total. The zero-order chi connectivity index (χ0) is 20.8. The van der Waals surface area contributed by atoms with Gasteiger partial charge in [0, 0.05) is 4.47 Å². The lowest BCUT2D eigenvalue weighted by Crippen LogP contribution is -2.27. The van der Waals surface area contributed by atoms with Gasteiger partial charge in [0.05, 0.1) is 24.7 Å². The maximum atomic E-state index is 12.8. The van der Waals surface area contributed by atoms with E-state index in [-0.39, 0.29) is 17.7 Å². The van der Waals surface area contributed by atoms with Crippen LogP contribution in [-0.4, -0.2) is 29.3 Å². The first kappa shape index (κ1) is 21.5. The lowest BCUT2D eigenvalue weighted by atomic mass is 10.1. The molecule has 7 heteroatoms. The van der Waals surface area contributed by atoms with Crippen LogP contribution in [0.4, 0.5) is 4.79 Å². The second-order valence-corrected chi connectivity index (χ2v) is 8.19. The number of hydrogen-bond acceptors (Lipinski definition) is 5. The lowest BCUT2D eigenvalue weighted by Gasteiger charge is -2.13. The second kappa shape index (κ2) is 9.98. The smallest absolute Gasteiger partial charge is 0.293 e. The standard InChI is InChI=1S/C22H22BrNO4S/c1-3-11-28-18-10-9-15(12-19(18)27-4-2)13-20-21(25)24(22(26)29-20)14-16-7-5-6-8-17(16)23/h5-10,12-13H,3-4,11,14H2,1-2H3/b20-13-. The highest BCUT2D eigenvalue weighted by molar-refractivity contribution is 9.10. The molecule has 0 saturated carbocycles. The predicted molar refractivity (Wildman–Crippen MR) is 119 cm³/mol. The number of hydrogen-bond donors (Lipinski definition) is 0. The third-order valence-electron chi connectivity index (χ3n) is 4.19. The minimum atomic E-state index is -0.292. The summed E-state index contributed by atoms with van der Waals surface area (Å²) < 4.78 is 12.3. The molecule has 0 aromatic heterocycles. The molecule has 2 amide bonds. The van der Waals surface area contributed by atoms with Crippen molar-refractivity contribution in [3.05, 3.63) is 63.0 Å². The predicted octanol–water partition coefficient (Wildman–Crippen LogP) is 5.87. The molecule has 0 atom stereocenters. The first-order chi connectivity index (χ1) is 14.0. The molecule has 3 rings (SSSR count). The van der Waals surface area contributed by atoms with Crippen molar-refractivity contribution >= 4 is 44.9 Å². The highest BCUT2D eigenvalue weighted by Crippen LogP contribution is 2.36. The molecule has 0 unspecified atom stereocenters. The van der Waals surface area contributed by atoms with Gasteiger partial charge in [0.25, 0.3) is 11.1 Å². The van der Waals surface area contributed by atoms with Crippen LogP contribution in [0.5, 0.6) is 11.5 Å². The van der Waals surface area contributed by atoms with Gasteiger partial charge in [-0.25, -0.2) is 0 Å². The SMILES string of the molecule is CCCOc1ccc(/C=C2\SC(=O)N(Cc3ccccc3Br)C2=O)cc1OCC. The van der Waals surface area contributed by atoms with Crippen molar-refractivity contribution in [1.29, 1.82) is 0 Å². The Labute approximate surface area is 183 Å². The normalized spacial score (nSPS) is 15.3.